The number of benzene rings is 2. The molecule has 0 aliphatic rings. The number of aryl methyl sites for hydroxylation is 1. The Morgan fingerprint density at radius 1 is 1.12 bits per heavy atom. The Balaban J connectivity index is 1.83. The molecule has 0 spiro atoms. The third-order valence-electron chi connectivity index (χ3n) is 3.56. The summed E-state index contributed by atoms with van der Waals surface area (Å²) in [6, 6.07) is 11.1. The van der Waals surface area contributed by atoms with Crippen LogP contribution in [0.15, 0.2) is 42.5 Å². The minimum Gasteiger partial charge on any atom is -0.452 e. The fourth-order valence-corrected chi connectivity index (χ4v) is 2.08. The highest BCUT2D eigenvalue weighted by atomic mass is 19.1. The van der Waals surface area contributed by atoms with E-state index in [9.17, 15) is 14.0 Å². The molecule has 1 N–H and O–H groups in total. The van der Waals surface area contributed by atoms with E-state index in [1.54, 1.807) is 43.3 Å². The van der Waals surface area contributed by atoms with Crippen LogP contribution in [0, 0.1) is 12.7 Å². The van der Waals surface area contributed by atoms with Crippen molar-refractivity contribution in [3.63, 3.8) is 0 Å². The zero-order valence-electron chi connectivity index (χ0n) is 15.0. The molecule has 0 bridgehead atoms. The highest BCUT2D eigenvalue weighted by molar-refractivity contribution is 5.95. The predicted molar refractivity (Wildman–Crippen MR) is 96.4 cm³/mol. The van der Waals surface area contributed by atoms with Crippen molar-refractivity contribution in [3.8, 4) is 0 Å². The number of carbonyl (C=O) groups excluding carboxylic acids is 2. The topological polar surface area (TPSA) is 64.6 Å². The lowest BCUT2D eigenvalue weighted by molar-refractivity contribution is -0.119. The Hall–Kier alpha value is -2.73. The molecule has 1 amide bonds. The number of hydrogen-bond acceptors (Lipinski definition) is 4. The third-order valence-corrected chi connectivity index (χ3v) is 3.56. The summed E-state index contributed by atoms with van der Waals surface area (Å²) in [5, 5.41) is 2.48. The summed E-state index contributed by atoms with van der Waals surface area (Å²) in [5.41, 5.74) is 2.07. The molecule has 0 unspecified atom stereocenters. The van der Waals surface area contributed by atoms with Crippen LogP contribution in [0.3, 0.4) is 0 Å². The van der Waals surface area contributed by atoms with Gasteiger partial charge in [0.25, 0.3) is 5.91 Å². The van der Waals surface area contributed by atoms with Crippen molar-refractivity contribution in [3.05, 3.63) is 65.0 Å². The molecule has 5 nitrogen and oxygen atoms in total. The Morgan fingerprint density at radius 3 is 2.42 bits per heavy atom. The molecule has 2 rings (SSSR count). The molecule has 138 valence electrons. The number of halogens is 1. The monoisotopic (exact) mass is 359 g/mol. The quantitative estimate of drug-likeness (QED) is 0.763. The van der Waals surface area contributed by atoms with E-state index < -0.39 is 24.3 Å². The Labute approximate surface area is 152 Å². The van der Waals surface area contributed by atoms with E-state index in [-0.39, 0.29) is 6.10 Å². The van der Waals surface area contributed by atoms with Crippen molar-refractivity contribution < 1.29 is 23.5 Å². The summed E-state index contributed by atoms with van der Waals surface area (Å²) in [5.74, 6) is -1.56. The summed E-state index contributed by atoms with van der Waals surface area (Å²) in [6.45, 7) is 5.53. The van der Waals surface area contributed by atoms with Crippen LogP contribution >= 0.6 is 0 Å². The standard InChI is InChI=1S/C20H22FNO4/c1-13(2)25-11-15-5-7-16(8-6-15)20(24)26-12-19(23)22-17-9-4-14(3)18(21)10-17/h4-10,13H,11-12H2,1-3H3,(H,22,23). The lowest BCUT2D eigenvalue weighted by atomic mass is 10.1. The maximum Gasteiger partial charge on any atom is 0.338 e. The van der Waals surface area contributed by atoms with Crippen LogP contribution in [0.1, 0.15) is 35.3 Å². The van der Waals surface area contributed by atoms with Gasteiger partial charge in [-0.2, -0.15) is 0 Å². The van der Waals surface area contributed by atoms with Crippen molar-refractivity contribution >= 4 is 17.6 Å². The Bertz CT molecular complexity index is 772. The second-order valence-electron chi connectivity index (χ2n) is 6.14. The lowest BCUT2D eigenvalue weighted by Gasteiger charge is -2.09. The molecule has 0 aromatic heterocycles. The Kier molecular flexibility index (Phi) is 6.86. The van der Waals surface area contributed by atoms with Gasteiger partial charge < -0.3 is 14.8 Å². The van der Waals surface area contributed by atoms with E-state index in [1.807, 2.05) is 13.8 Å². The van der Waals surface area contributed by atoms with Crippen LogP contribution in [0.4, 0.5) is 10.1 Å². The molecule has 6 heteroatoms. The van der Waals surface area contributed by atoms with E-state index >= 15 is 0 Å². The Morgan fingerprint density at radius 2 is 1.81 bits per heavy atom. The summed E-state index contributed by atoms with van der Waals surface area (Å²) in [4.78, 5) is 23.8. The fourth-order valence-electron chi connectivity index (χ4n) is 2.08. The van der Waals surface area contributed by atoms with Crippen LogP contribution in [-0.4, -0.2) is 24.6 Å². The summed E-state index contributed by atoms with van der Waals surface area (Å²) >= 11 is 0. The minimum atomic E-state index is -0.605. The average molecular weight is 359 g/mol. The molecule has 0 fully saturated rings. The molecule has 0 aliphatic heterocycles. The van der Waals surface area contributed by atoms with Gasteiger partial charge in [-0.05, 0) is 56.2 Å². The fraction of sp³-hybridized carbons (Fsp3) is 0.300. The first kappa shape index (κ1) is 19.6. The number of ether oxygens (including phenoxy) is 2. The third kappa shape index (κ3) is 5.97. The molecule has 2 aromatic rings. The van der Waals surface area contributed by atoms with Gasteiger partial charge in [0, 0.05) is 5.69 Å². The maximum absolute atomic E-state index is 13.5. The lowest BCUT2D eigenvalue weighted by Crippen LogP contribution is -2.21. The number of anilines is 1. The van der Waals surface area contributed by atoms with Crippen LogP contribution in [-0.2, 0) is 20.9 Å². The van der Waals surface area contributed by atoms with E-state index in [2.05, 4.69) is 5.32 Å². The number of nitrogens with one attached hydrogen (secondary N) is 1. The molecule has 0 atom stereocenters. The number of amides is 1. The van der Waals surface area contributed by atoms with Gasteiger partial charge in [-0.1, -0.05) is 18.2 Å². The minimum absolute atomic E-state index is 0.125. The molecule has 0 saturated carbocycles. The molecule has 0 aliphatic carbocycles. The van der Waals surface area contributed by atoms with Gasteiger partial charge in [0.05, 0.1) is 18.3 Å². The molecule has 0 heterocycles. The largest absolute Gasteiger partial charge is 0.452 e. The molecule has 26 heavy (non-hydrogen) atoms. The highest BCUT2D eigenvalue weighted by Gasteiger charge is 2.11. The summed E-state index contributed by atoms with van der Waals surface area (Å²) < 4.78 is 23.9. The van der Waals surface area contributed by atoms with Gasteiger partial charge in [0.15, 0.2) is 6.61 Å². The van der Waals surface area contributed by atoms with Crippen LogP contribution in [0.25, 0.3) is 0 Å². The maximum atomic E-state index is 13.5. The molecule has 0 saturated heterocycles. The molecular formula is C20H22FNO4. The molecule has 0 radical (unpaired) electrons. The normalized spacial score (nSPS) is 10.7. The van der Waals surface area contributed by atoms with Crippen molar-refractivity contribution in [2.45, 2.75) is 33.5 Å². The number of rotatable bonds is 7. The number of carbonyl (C=O) groups is 2. The van der Waals surface area contributed by atoms with Crippen LogP contribution in [0.5, 0.6) is 0 Å². The first-order valence-corrected chi connectivity index (χ1v) is 8.29. The van der Waals surface area contributed by atoms with Gasteiger partial charge in [-0.25, -0.2) is 9.18 Å². The average Bonchev–Trinajstić information content (AvgIpc) is 2.61. The number of esters is 1. The molecular weight excluding hydrogens is 337 g/mol. The van der Waals surface area contributed by atoms with Crippen molar-refractivity contribution in [2.24, 2.45) is 0 Å². The SMILES string of the molecule is Cc1ccc(NC(=O)COC(=O)c2ccc(COC(C)C)cc2)cc1F. The second kappa shape index (κ2) is 9.10. The van der Waals surface area contributed by atoms with Gasteiger partial charge in [-0.15, -0.1) is 0 Å². The van der Waals surface area contributed by atoms with Gasteiger partial charge >= 0.3 is 5.97 Å². The van der Waals surface area contributed by atoms with Crippen molar-refractivity contribution in [1.29, 1.82) is 0 Å². The second-order valence-corrected chi connectivity index (χ2v) is 6.14. The first-order chi connectivity index (χ1) is 12.3. The van der Waals surface area contributed by atoms with Crippen LogP contribution < -0.4 is 5.32 Å². The van der Waals surface area contributed by atoms with Crippen molar-refractivity contribution in [2.75, 3.05) is 11.9 Å². The number of hydrogen-bond donors (Lipinski definition) is 1. The predicted octanol–water partition coefficient (Wildman–Crippen LogP) is 3.85. The van der Waals surface area contributed by atoms with E-state index in [4.69, 9.17) is 9.47 Å². The smallest absolute Gasteiger partial charge is 0.338 e. The zero-order chi connectivity index (χ0) is 19.1. The van der Waals surface area contributed by atoms with Crippen LogP contribution in [0.2, 0.25) is 0 Å². The summed E-state index contributed by atoms with van der Waals surface area (Å²) in [6.07, 6.45) is 0.125. The zero-order valence-corrected chi connectivity index (χ0v) is 15.0. The van der Waals surface area contributed by atoms with E-state index in [1.165, 1.54) is 6.07 Å². The van der Waals surface area contributed by atoms with E-state index in [0.717, 1.165) is 5.56 Å². The van der Waals surface area contributed by atoms with E-state index in [0.29, 0.717) is 23.4 Å². The van der Waals surface area contributed by atoms with Crippen molar-refractivity contribution in [1.82, 2.24) is 0 Å². The first-order valence-electron chi connectivity index (χ1n) is 8.29. The molecule has 2 aromatic carbocycles. The van der Waals surface area contributed by atoms with Gasteiger partial charge in [0.1, 0.15) is 5.82 Å². The summed E-state index contributed by atoms with van der Waals surface area (Å²) in [7, 11) is 0. The van der Waals surface area contributed by atoms with Gasteiger partial charge in [0.2, 0.25) is 0 Å². The highest BCUT2D eigenvalue weighted by Crippen LogP contribution is 2.13. The van der Waals surface area contributed by atoms with Gasteiger partial charge in [-0.3, -0.25) is 4.79 Å².